The fourth-order valence-corrected chi connectivity index (χ4v) is 0.766. The average Bonchev–Trinajstić information content (AvgIpc) is 2.53. The topological polar surface area (TPSA) is 33.4 Å². The number of hydrogen-bond acceptors (Lipinski definition) is 2. The van der Waals surface area contributed by atoms with Crippen LogP contribution in [0.3, 0.4) is 0 Å². The maximum Gasteiger partial charge on any atom is 0.126 e. The van der Waals surface area contributed by atoms with Gasteiger partial charge in [0.2, 0.25) is 0 Å². The van der Waals surface area contributed by atoms with Gasteiger partial charge in [0, 0.05) is 0 Å². The van der Waals surface area contributed by atoms with Crippen LogP contribution in [0.2, 0.25) is 0 Å². The monoisotopic (exact) mass is 166 g/mol. The van der Waals surface area contributed by atoms with Crippen LogP contribution in [0, 0.1) is 0 Å². The molecule has 0 aliphatic heterocycles. The lowest BCUT2D eigenvalue weighted by molar-refractivity contribution is 0.108. The SMILES string of the molecule is CCC(C)(O)C=Cc1ccco1. The van der Waals surface area contributed by atoms with Crippen LogP contribution in [0.15, 0.2) is 28.9 Å². The molecule has 1 aromatic rings. The molecular weight excluding hydrogens is 152 g/mol. The molecule has 1 heterocycles. The molecule has 12 heavy (non-hydrogen) atoms. The molecule has 1 atom stereocenters. The largest absolute Gasteiger partial charge is 0.465 e. The molecule has 0 aliphatic rings. The molecule has 1 rings (SSSR count). The van der Waals surface area contributed by atoms with E-state index in [1.807, 2.05) is 19.1 Å². The Balaban J connectivity index is 2.62. The molecule has 1 unspecified atom stereocenters. The molecule has 0 aliphatic carbocycles. The minimum atomic E-state index is -0.729. The Labute approximate surface area is 72.5 Å². The summed E-state index contributed by atoms with van der Waals surface area (Å²) in [6.45, 7) is 3.71. The van der Waals surface area contributed by atoms with Gasteiger partial charge in [0.15, 0.2) is 0 Å². The normalized spacial score (nSPS) is 16.6. The fourth-order valence-electron chi connectivity index (χ4n) is 0.766. The van der Waals surface area contributed by atoms with Crippen molar-refractivity contribution in [2.24, 2.45) is 0 Å². The quantitative estimate of drug-likeness (QED) is 0.748. The van der Waals surface area contributed by atoms with Crippen molar-refractivity contribution >= 4 is 6.08 Å². The second-order valence-electron chi connectivity index (χ2n) is 3.06. The Morgan fingerprint density at radius 2 is 2.42 bits per heavy atom. The molecular formula is C10H14O2. The lowest BCUT2D eigenvalue weighted by Gasteiger charge is -2.14. The van der Waals surface area contributed by atoms with Gasteiger partial charge >= 0.3 is 0 Å². The van der Waals surface area contributed by atoms with Crippen LogP contribution in [0.5, 0.6) is 0 Å². The van der Waals surface area contributed by atoms with Gasteiger partial charge in [0.1, 0.15) is 5.76 Å². The standard InChI is InChI=1S/C10H14O2/c1-3-10(2,11)7-6-9-5-4-8-12-9/h4-8,11H,3H2,1-2H3. The van der Waals surface area contributed by atoms with Crippen molar-refractivity contribution in [2.45, 2.75) is 25.9 Å². The molecule has 2 nitrogen and oxygen atoms in total. The summed E-state index contributed by atoms with van der Waals surface area (Å²) in [5.74, 6) is 0.767. The Morgan fingerprint density at radius 3 is 2.92 bits per heavy atom. The number of rotatable bonds is 3. The average molecular weight is 166 g/mol. The molecule has 0 saturated carbocycles. The maximum atomic E-state index is 9.59. The van der Waals surface area contributed by atoms with E-state index < -0.39 is 5.60 Å². The van der Waals surface area contributed by atoms with Gasteiger partial charge in [-0.2, -0.15) is 0 Å². The molecule has 0 aromatic carbocycles. The van der Waals surface area contributed by atoms with E-state index in [9.17, 15) is 5.11 Å². The van der Waals surface area contributed by atoms with E-state index in [0.717, 1.165) is 5.76 Å². The first kappa shape index (κ1) is 9.07. The van der Waals surface area contributed by atoms with Crippen LogP contribution in [0.25, 0.3) is 6.08 Å². The summed E-state index contributed by atoms with van der Waals surface area (Å²) in [6.07, 6.45) is 5.83. The predicted molar refractivity (Wildman–Crippen MR) is 48.7 cm³/mol. The molecule has 0 radical (unpaired) electrons. The first-order valence-electron chi connectivity index (χ1n) is 4.09. The van der Waals surface area contributed by atoms with Crippen LogP contribution in [-0.2, 0) is 0 Å². The molecule has 2 heteroatoms. The van der Waals surface area contributed by atoms with Crippen LogP contribution >= 0.6 is 0 Å². The smallest absolute Gasteiger partial charge is 0.126 e. The van der Waals surface area contributed by atoms with Crippen molar-refractivity contribution < 1.29 is 9.52 Å². The Hall–Kier alpha value is -1.02. The summed E-state index contributed by atoms with van der Waals surface area (Å²) in [7, 11) is 0. The van der Waals surface area contributed by atoms with Gasteiger partial charge in [-0.25, -0.2) is 0 Å². The van der Waals surface area contributed by atoms with Crippen LogP contribution in [0.1, 0.15) is 26.0 Å². The zero-order chi connectivity index (χ0) is 9.03. The molecule has 66 valence electrons. The van der Waals surface area contributed by atoms with Crippen molar-refractivity contribution in [1.82, 2.24) is 0 Å². The van der Waals surface area contributed by atoms with Crippen LogP contribution in [-0.4, -0.2) is 10.7 Å². The summed E-state index contributed by atoms with van der Waals surface area (Å²) in [5.41, 5.74) is -0.729. The van der Waals surface area contributed by atoms with Gasteiger partial charge in [-0.05, 0) is 37.6 Å². The summed E-state index contributed by atoms with van der Waals surface area (Å²) >= 11 is 0. The summed E-state index contributed by atoms with van der Waals surface area (Å²) in [4.78, 5) is 0. The van der Waals surface area contributed by atoms with Crippen molar-refractivity contribution in [3.63, 3.8) is 0 Å². The Bertz CT molecular complexity index is 245. The number of furan rings is 1. The van der Waals surface area contributed by atoms with Gasteiger partial charge < -0.3 is 9.52 Å². The minimum absolute atomic E-state index is 0.699. The molecule has 0 bridgehead atoms. The predicted octanol–water partition coefficient (Wildman–Crippen LogP) is 2.45. The summed E-state index contributed by atoms with van der Waals surface area (Å²) in [6, 6.07) is 3.67. The van der Waals surface area contributed by atoms with E-state index in [1.165, 1.54) is 0 Å². The zero-order valence-electron chi connectivity index (χ0n) is 7.45. The van der Waals surface area contributed by atoms with Crippen molar-refractivity contribution in [2.75, 3.05) is 0 Å². The number of hydrogen-bond donors (Lipinski definition) is 1. The highest BCUT2D eigenvalue weighted by Gasteiger charge is 2.11. The van der Waals surface area contributed by atoms with Gasteiger partial charge in [0.05, 0.1) is 11.9 Å². The van der Waals surface area contributed by atoms with Crippen LogP contribution in [0.4, 0.5) is 0 Å². The summed E-state index contributed by atoms with van der Waals surface area (Å²) in [5, 5.41) is 9.59. The van der Waals surface area contributed by atoms with E-state index in [1.54, 1.807) is 25.3 Å². The zero-order valence-corrected chi connectivity index (χ0v) is 7.45. The van der Waals surface area contributed by atoms with Gasteiger partial charge in [0.25, 0.3) is 0 Å². The molecule has 0 saturated heterocycles. The minimum Gasteiger partial charge on any atom is -0.465 e. The van der Waals surface area contributed by atoms with Gasteiger partial charge in [-0.15, -0.1) is 0 Å². The molecule has 1 aromatic heterocycles. The van der Waals surface area contributed by atoms with E-state index in [4.69, 9.17) is 4.42 Å². The lowest BCUT2D eigenvalue weighted by Crippen LogP contribution is -2.18. The molecule has 1 N–H and O–H groups in total. The van der Waals surface area contributed by atoms with Gasteiger partial charge in [-0.3, -0.25) is 0 Å². The molecule has 0 spiro atoms. The Morgan fingerprint density at radius 1 is 1.67 bits per heavy atom. The van der Waals surface area contributed by atoms with Crippen molar-refractivity contribution in [1.29, 1.82) is 0 Å². The number of aliphatic hydroxyl groups is 1. The highest BCUT2D eigenvalue weighted by Crippen LogP contribution is 2.13. The van der Waals surface area contributed by atoms with E-state index in [2.05, 4.69) is 0 Å². The van der Waals surface area contributed by atoms with Crippen molar-refractivity contribution in [3.05, 3.63) is 30.2 Å². The maximum absolute atomic E-state index is 9.59. The van der Waals surface area contributed by atoms with Crippen LogP contribution < -0.4 is 0 Å². The molecule has 0 amide bonds. The van der Waals surface area contributed by atoms with E-state index in [-0.39, 0.29) is 0 Å². The summed E-state index contributed by atoms with van der Waals surface area (Å²) < 4.78 is 5.08. The van der Waals surface area contributed by atoms with E-state index in [0.29, 0.717) is 6.42 Å². The first-order valence-corrected chi connectivity index (χ1v) is 4.09. The fraction of sp³-hybridized carbons (Fsp3) is 0.400. The lowest BCUT2D eigenvalue weighted by atomic mass is 10.0. The second-order valence-corrected chi connectivity index (χ2v) is 3.06. The highest BCUT2D eigenvalue weighted by molar-refractivity contribution is 5.43. The first-order chi connectivity index (χ1) is 5.64. The van der Waals surface area contributed by atoms with E-state index >= 15 is 0 Å². The van der Waals surface area contributed by atoms with Crippen molar-refractivity contribution in [3.8, 4) is 0 Å². The third kappa shape index (κ3) is 2.55. The second kappa shape index (κ2) is 3.59. The third-order valence-electron chi connectivity index (χ3n) is 1.87. The van der Waals surface area contributed by atoms with Gasteiger partial charge in [-0.1, -0.05) is 6.92 Å². The Kier molecular flexibility index (Phi) is 2.71. The molecule has 0 fully saturated rings. The highest BCUT2D eigenvalue weighted by atomic mass is 16.3. The third-order valence-corrected chi connectivity index (χ3v) is 1.87.